The minimum atomic E-state index is 0.0584. The van der Waals surface area contributed by atoms with Gasteiger partial charge < -0.3 is 20.1 Å². The number of fused-ring (bicyclic) bond motifs is 1. The number of halogens is 1. The molecule has 262 valence electrons. The lowest BCUT2D eigenvalue weighted by atomic mass is 9.68. The summed E-state index contributed by atoms with van der Waals surface area (Å²) >= 11 is 3.57. The van der Waals surface area contributed by atoms with E-state index in [1.54, 1.807) is 7.11 Å². The van der Waals surface area contributed by atoms with Crippen molar-refractivity contribution in [3.63, 3.8) is 0 Å². The quantitative estimate of drug-likeness (QED) is 0.135. The van der Waals surface area contributed by atoms with Gasteiger partial charge in [-0.1, -0.05) is 112 Å². The van der Waals surface area contributed by atoms with Crippen LogP contribution in [0, 0.1) is 24.7 Å². The number of benzene rings is 2. The number of methoxy groups -OCH3 is 1. The first-order valence-electron chi connectivity index (χ1n) is 18.7. The number of ether oxygens (including phenoxy) is 2. The Kier molecular flexibility index (Phi) is 14.2. The number of aromatic nitrogens is 2. The molecule has 0 radical (unpaired) electrons. The van der Waals surface area contributed by atoms with Crippen molar-refractivity contribution in [1.82, 2.24) is 15.3 Å². The highest BCUT2D eigenvalue weighted by Crippen LogP contribution is 2.42. The zero-order chi connectivity index (χ0) is 33.7. The topological polar surface area (TPSA) is 85.4 Å². The number of nitrogens with zero attached hydrogens (tertiary/aromatic N) is 2. The van der Waals surface area contributed by atoms with Gasteiger partial charge >= 0.3 is 0 Å². The Bertz CT molecular complexity index is 1440. The molecule has 48 heavy (non-hydrogen) atoms. The predicted octanol–water partition coefficient (Wildman–Crippen LogP) is 10.5. The van der Waals surface area contributed by atoms with Gasteiger partial charge in [0.15, 0.2) is 11.5 Å². The second-order valence-corrected chi connectivity index (χ2v) is 15.1. The summed E-state index contributed by atoms with van der Waals surface area (Å²) < 4.78 is 13.0. The van der Waals surface area contributed by atoms with Crippen molar-refractivity contribution in [2.45, 2.75) is 123 Å². The van der Waals surface area contributed by atoms with Gasteiger partial charge in [0.05, 0.1) is 25.3 Å². The molecule has 2 aliphatic rings. The SMILES string of the molecule is COc1cc2c(NC(C)c3cccc(Br)c3)nc(C)nc2cc1OCCCCCCCNC(=O)CC(C1CCCCC1)C1CCCCC1. The van der Waals surface area contributed by atoms with Gasteiger partial charge in [0.1, 0.15) is 11.6 Å². The van der Waals surface area contributed by atoms with Crippen molar-refractivity contribution < 1.29 is 14.3 Å². The van der Waals surface area contributed by atoms with E-state index in [-0.39, 0.29) is 11.9 Å². The van der Waals surface area contributed by atoms with E-state index in [0.717, 1.165) is 78.1 Å². The summed E-state index contributed by atoms with van der Waals surface area (Å²) in [5.74, 6) is 5.30. The smallest absolute Gasteiger partial charge is 0.220 e. The number of hydrogen-bond donors (Lipinski definition) is 2. The van der Waals surface area contributed by atoms with Crippen LogP contribution in [0.5, 0.6) is 11.5 Å². The molecule has 0 spiro atoms. The van der Waals surface area contributed by atoms with Gasteiger partial charge in [0, 0.05) is 28.9 Å². The average Bonchev–Trinajstić information content (AvgIpc) is 3.10. The van der Waals surface area contributed by atoms with E-state index < -0.39 is 0 Å². The molecule has 0 bridgehead atoms. The molecule has 0 aliphatic heterocycles. The Labute approximate surface area is 296 Å². The summed E-state index contributed by atoms with van der Waals surface area (Å²) in [6.45, 7) is 5.46. The number of hydrogen-bond acceptors (Lipinski definition) is 6. The molecular formula is C40H57BrN4O3. The minimum Gasteiger partial charge on any atom is -0.493 e. The van der Waals surface area contributed by atoms with Crippen LogP contribution in [0.1, 0.15) is 127 Å². The molecule has 7 nitrogen and oxygen atoms in total. The van der Waals surface area contributed by atoms with Crippen LogP contribution in [0.25, 0.3) is 10.9 Å². The molecule has 2 saturated carbocycles. The maximum absolute atomic E-state index is 13.0. The van der Waals surface area contributed by atoms with Crippen LogP contribution in [0.15, 0.2) is 40.9 Å². The summed E-state index contributed by atoms with van der Waals surface area (Å²) in [4.78, 5) is 22.4. The fourth-order valence-electron chi connectivity index (χ4n) is 8.00. The van der Waals surface area contributed by atoms with Gasteiger partial charge in [0.25, 0.3) is 0 Å². The third-order valence-electron chi connectivity index (χ3n) is 10.6. The molecule has 8 heteroatoms. The second-order valence-electron chi connectivity index (χ2n) is 14.2. The third-order valence-corrected chi connectivity index (χ3v) is 11.1. The van der Waals surface area contributed by atoms with Crippen LogP contribution < -0.4 is 20.1 Å². The van der Waals surface area contributed by atoms with Crippen LogP contribution in [-0.2, 0) is 4.79 Å². The number of carbonyl (C=O) groups excluding carboxylic acids is 1. The Hall–Kier alpha value is -2.87. The van der Waals surface area contributed by atoms with Crippen molar-refractivity contribution in [2.24, 2.45) is 17.8 Å². The number of carbonyl (C=O) groups is 1. The monoisotopic (exact) mass is 720 g/mol. The van der Waals surface area contributed by atoms with Crippen LogP contribution in [0.2, 0.25) is 0 Å². The summed E-state index contributed by atoms with van der Waals surface area (Å²) in [7, 11) is 1.67. The molecular weight excluding hydrogens is 664 g/mol. The first-order valence-corrected chi connectivity index (χ1v) is 19.5. The molecule has 1 unspecified atom stereocenters. The van der Waals surface area contributed by atoms with Crippen molar-refractivity contribution in [1.29, 1.82) is 0 Å². The molecule has 2 aliphatic carbocycles. The normalized spacial score (nSPS) is 16.6. The molecule has 1 atom stereocenters. The largest absolute Gasteiger partial charge is 0.493 e. The van der Waals surface area contributed by atoms with Gasteiger partial charge in [-0.25, -0.2) is 9.97 Å². The number of unbranched alkanes of at least 4 members (excludes halogenated alkanes) is 4. The zero-order valence-electron chi connectivity index (χ0n) is 29.5. The highest BCUT2D eigenvalue weighted by atomic mass is 79.9. The van der Waals surface area contributed by atoms with Gasteiger partial charge in [0.2, 0.25) is 5.91 Å². The van der Waals surface area contributed by atoms with E-state index in [4.69, 9.17) is 19.4 Å². The van der Waals surface area contributed by atoms with Crippen molar-refractivity contribution in [3.05, 3.63) is 52.3 Å². The lowest BCUT2D eigenvalue weighted by molar-refractivity contribution is -0.123. The molecule has 3 aromatic rings. The highest BCUT2D eigenvalue weighted by Gasteiger charge is 2.32. The fourth-order valence-corrected chi connectivity index (χ4v) is 8.41. The molecule has 2 N–H and O–H groups in total. The lowest BCUT2D eigenvalue weighted by Crippen LogP contribution is -2.34. The summed E-state index contributed by atoms with van der Waals surface area (Å²) in [5, 5.41) is 7.75. The van der Waals surface area contributed by atoms with Gasteiger partial charge in [-0.3, -0.25) is 4.79 Å². The standard InChI is InChI=1S/C40H57BrN4O3/c1-28(32-20-15-21-33(41)24-32)43-40-35-25-37(47-3)38(27-36(35)44-29(2)45-40)48-23-14-6-4-5-13-22-42-39(46)26-34(30-16-9-7-10-17-30)31-18-11-8-12-19-31/h15,20-21,24-25,27-28,30-31,34H,4-14,16-19,22-23,26H2,1-3H3,(H,42,46)(H,43,44,45). The molecule has 1 aromatic heterocycles. The number of rotatable bonds is 17. The Balaban J connectivity index is 1.03. The third kappa shape index (κ3) is 10.6. The minimum absolute atomic E-state index is 0.0584. The predicted molar refractivity (Wildman–Crippen MR) is 200 cm³/mol. The lowest BCUT2D eigenvalue weighted by Gasteiger charge is -2.37. The van der Waals surface area contributed by atoms with Crippen LogP contribution in [0.4, 0.5) is 5.82 Å². The van der Waals surface area contributed by atoms with Crippen molar-refractivity contribution >= 4 is 38.6 Å². The average molecular weight is 722 g/mol. The molecule has 2 aromatic carbocycles. The summed E-state index contributed by atoms with van der Waals surface area (Å²) in [6.07, 6.45) is 19.7. The highest BCUT2D eigenvalue weighted by molar-refractivity contribution is 9.10. The van der Waals surface area contributed by atoms with E-state index in [2.05, 4.69) is 45.6 Å². The second kappa shape index (κ2) is 18.8. The maximum atomic E-state index is 13.0. The van der Waals surface area contributed by atoms with E-state index in [1.165, 1.54) is 69.8 Å². The first kappa shape index (κ1) is 36.4. The van der Waals surface area contributed by atoms with Crippen LogP contribution in [0.3, 0.4) is 0 Å². The van der Waals surface area contributed by atoms with E-state index in [0.29, 0.717) is 29.8 Å². The summed E-state index contributed by atoms with van der Waals surface area (Å²) in [6, 6.07) is 12.3. The molecule has 5 rings (SSSR count). The van der Waals surface area contributed by atoms with Gasteiger partial charge in [-0.2, -0.15) is 0 Å². The van der Waals surface area contributed by atoms with E-state index in [1.807, 2.05) is 31.2 Å². The van der Waals surface area contributed by atoms with Gasteiger partial charge in [-0.15, -0.1) is 0 Å². The van der Waals surface area contributed by atoms with Crippen molar-refractivity contribution in [3.8, 4) is 11.5 Å². The fraction of sp³-hybridized carbons (Fsp3) is 0.625. The molecule has 2 fully saturated rings. The maximum Gasteiger partial charge on any atom is 0.220 e. The molecule has 0 saturated heterocycles. The zero-order valence-corrected chi connectivity index (χ0v) is 31.1. The van der Waals surface area contributed by atoms with Crippen molar-refractivity contribution in [2.75, 3.05) is 25.6 Å². The molecule has 1 heterocycles. The molecule has 1 amide bonds. The Morgan fingerprint density at radius 1 is 0.896 bits per heavy atom. The first-order chi connectivity index (χ1) is 23.4. The van der Waals surface area contributed by atoms with Crippen LogP contribution in [-0.4, -0.2) is 36.1 Å². The number of amides is 1. The van der Waals surface area contributed by atoms with Gasteiger partial charge in [-0.05, 0) is 68.2 Å². The number of aryl methyl sites for hydroxylation is 1. The number of nitrogens with one attached hydrogen (secondary N) is 2. The van der Waals surface area contributed by atoms with E-state index in [9.17, 15) is 4.79 Å². The Morgan fingerprint density at radius 3 is 2.27 bits per heavy atom. The summed E-state index contributed by atoms with van der Waals surface area (Å²) in [5.41, 5.74) is 1.99. The number of anilines is 1. The van der Waals surface area contributed by atoms with Crippen LogP contribution >= 0.6 is 15.9 Å². The Morgan fingerprint density at radius 2 is 1.58 bits per heavy atom. The van der Waals surface area contributed by atoms with E-state index >= 15 is 0 Å².